The normalized spacial score (nSPS) is 16.3. The van der Waals surface area contributed by atoms with Gasteiger partial charge in [-0.1, -0.05) is 18.2 Å². The van der Waals surface area contributed by atoms with E-state index in [9.17, 15) is 9.59 Å². The summed E-state index contributed by atoms with van der Waals surface area (Å²) in [6.07, 6.45) is 2.60. The first kappa shape index (κ1) is 16.1. The first-order valence-corrected chi connectivity index (χ1v) is 8.41. The van der Waals surface area contributed by atoms with Gasteiger partial charge in [-0.25, -0.2) is 0 Å². The van der Waals surface area contributed by atoms with E-state index in [1.807, 2.05) is 42.5 Å². The molecule has 2 amide bonds. The number of para-hydroxylation sites is 1. The lowest BCUT2D eigenvalue weighted by atomic mass is 10.2. The lowest BCUT2D eigenvalue weighted by molar-refractivity contribution is -0.122. The number of carbonyl (C=O) groups excluding carboxylic acids is 2. The van der Waals surface area contributed by atoms with Crippen molar-refractivity contribution in [1.29, 1.82) is 0 Å². The summed E-state index contributed by atoms with van der Waals surface area (Å²) in [5, 5.41) is 6.40. The summed E-state index contributed by atoms with van der Waals surface area (Å²) >= 11 is 0. The number of benzene rings is 2. The average molecular weight is 347 g/mol. The van der Waals surface area contributed by atoms with E-state index in [2.05, 4.69) is 15.6 Å². The minimum Gasteiger partial charge on any atom is -0.457 e. The van der Waals surface area contributed by atoms with Crippen molar-refractivity contribution in [2.75, 3.05) is 5.32 Å². The molecule has 0 unspecified atom stereocenters. The Morgan fingerprint density at radius 3 is 2.88 bits per heavy atom. The zero-order valence-corrected chi connectivity index (χ0v) is 13.9. The number of aromatic nitrogens is 1. The van der Waals surface area contributed by atoms with Gasteiger partial charge in [-0.3, -0.25) is 14.6 Å². The van der Waals surface area contributed by atoms with Gasteiger partial charge in [0.05, 0.1) is 5.52 Å². The van der Waals surface area contributed by atoms with Crippen LogP contribution in [0.2, 0.25) is 0 Å². The molecule has 3 aromatic rings. The number of hydrogen-bond acceptors (Lipinski definition) is 4. The first-order chi connectivity index (χ1) is 12.7. The molecule has 1 fully saturated rings. The molecule has 0 spiro atoms. The Balaban J connectivity index is 1.52. The van der Waals surface area contributed by atoms with Crippen LogP contribution < -0.4 is 15.4 Å². The molecule has 4 rings (SSSR count). The number of pyridine rings is 1. The molecule has 1 saturated heterocycles. The highest BCUT2D eigenvalue weighted by atomic mass is 16.5. The molecule has 130 valence electrons. The number of amides is 2. The molecule has 26 heavy (non-hydrogen) atoms. The highest BCUT2D eigenvalue weighted by Crippen LogP contribution is 2.29. The van der Waals surface area contributed by atoms with Gasteiger partial charge in [0.2, 0.25) is 11.8 Å². The van der Waals surface area contributed by atoms with Crippen molar-refractivity contribution in [3.63, 3.8) is 0 Å². The van der Waals surface area contributed by atoms with Gasteiger partial charge in [-0.15, -0.1) is 0 Å². The van der Waals surface area contributed by atoms with Gasteiger partial charge in [-0.2, -0.15) is 0 Å². The monoisotopic (exact) mass is 347 g/mol. The van der Waals surface area contributed by atoms with Gasteiger partial charge in [0, 0.05) is 29.8 Å². The standard InChI is InChI=1S/C20H17N3O3/c24-19-9-8-17(23-19)20(25)22-13-4-3-5-14(12-13)26-18-10-11-21-16-7-2-1-6-15(16)18/h1-7,10-12,17H,8-9H2,(H,22,25)(H,23,24)/t17-/m0/s1. The third kappa shape index (κ3) is 3.35. The second kappa shape index (κ2) is 6.84. The smallest absolute Gasteiger partial charge is 0.246 e. The summed E-state index contributed by atoms with van der Waals surface area (Å²) in [5.41, 5.74) is 1.47. The van der Waals surface area contributed by atoms with E-state index in [-0.39, 0.29) is 11.8 Å². The maximum Gasteiger partial charge on any atom is 0.246 e. The van der Waals surface area contributed by atoms with E-state index in [1.54, 1.807) is 18.3 Å². The number of nitrogens with zero attached hydrogens (tertiary/aromatic N) is 1. The zero-order chi connectivity index (χ0) is 17.9. The number of anilines is 1. The van der Waals surface area contributed by atoms with Gasteiger partial charge in [-0.05, 0) is 36.8 Å². The van der Waals surface area contributed by atoms with Crippen LogP contribution in [-0.2, 0) is 9.59 Å². The first-order valence-electron chi connectivity index (χ1n) is 8.41. The largest absolute Gasteiger partial charge is 0.457 e. The quantitative estimate of drug-likeness (QED) is 0.759. The lowest BCUT2D eigenvalue weighted by Crippen LogP contribution is -2.37. The average Bonchev–Trinajstić information content (AvgIpc) is 3.09. The van der Waals surface area contributed by atoms with Crippen LogP contribution in [0.4, 0.5) is 5.69 Å². The minimum atomic E-state index is -0.476. The van der Waals surface area contributed by atoms with Crippen molar-refractivity contribution in [3.05, 3.63) is 60.8 Å². The topological polar surface area (TPSA) is 80.3 Å². The Kier molecular flexibility index (Phi) is 4.23. The van der Waals surface area contributed by atoms with Crippen molar-refractivity contribution in [2.45, 2.75) is 18.9 Å². The Morgan fingerprint density at radius 2 is 2.04 bits per heavy atom. The van der Waals surface area contributed by atoms with Gasteiger partial charge in [0.25, 0.3) is 0 Å². The Hall–Kier alpha value is -3.41. The molecule has 6 heteroatoms. The van der Waals surface area contributed by atoms with E-state index in [0.29, 0.717) is 30.0 Å². The Bertz CT molecular complexity index is 981. The molecule has 1 aromatic heterocycles. The second-order valence-corrected chi connectivity index (χ2v) is 6.10. The Labute approximate surface area is 150 Å². The molecule has 1 aliphatic rings. The molecule has 0 radical (unpaired) electrons. The summed E-state index contributed by atoms with van der Waals surface area (Å²) in [4.78, 5) is 27.8. The number of hydrogen-bond donors (Lipinski definition) is 2. The molecular weight excluding hydrogens is 330 g/mol. The maximum absolute atomic E-state index is 12.2. The number of fused-ring (bicyclic) bond motifs is 1. The van der Waals surface area contributed by atoms with Gasteiger partial charge >= 0.3 is 0 Å². The summed E-state index contributed by atoms with van der Waals surface area (Å²) in [5.74, 6) is 0.992. The molecule has 2 N–H and O–H groups in total. The second-order valence-electron chi connectivity index (χ2n) is 6.10. The van der Waals surface area contributed by atoms with Crippen LogP contribution in [0.15, 0.2) is 60.8 Å². The third-order valence-corrected chi connectivity index (χ3v) is 4.25. The highest BCUT2D eigenvalue weighted by Gasteiger charge is 2.27. The van der Waals surface area contributed by atoms with E-state index in [0.717, 1.165) is 10.9 Å². The zero-order valence-electron chi connectivity index (χ0n) is 13.9. The van der Waals surface area contributed by atoms with Crippen molar-refractivity contribution in [2.24, 2.45) is 0 Å². The summed E-state index contributed by atoms with van der Waals surface area (Å²) in [6, 6.07) is 16.2. The van der Waals surface area contributed by atoms with Crippen LogP contribution in [-0.4, -0.2) is 22.8 Å². The SMILES string of the molecule is O=C1CC[C@@H](C(=O)Nc2cccc(Oc3ccnc4ccccc34)c2)N1. The van der Waals surface area contributed by atoms with Crippen molar-refractivity contribution in [3.8, 4) is 11.5 Å². The highest BCUT2D eigenvalue weighted by molar-refractivity contribution is 5.99. The van der Waals surface area contributed by atoms with Crippen LogP contribution >= 0.6 is 0 Å². The molecule has 1 aliphatic heterocycles. The number of ether oxygens (including phenoxy) is 1. The predicted octanol–water partition coefficient (Wildman–Crippen LogP) is 3.24. The number of rotatable bonds is 4. The molecule has 6 nitrogen and oxygen atoms in total. The van der Waals surface area contributed by atoms with E-state index < -0.39 is 6.04 Å². The van der Waals surface area contributed by atoms with Gasteiger partial charge in [0.1, 0.15) is 17.5 Å². The van der Waals surface area contributed by atoms with Crippen molar-refractivity contribution in [1.82, 2.24) is 10.3 Å². The van der Waals surface area contributed by atoms with Crippen molar-refractivity contribution < 1.29 is 14.3 Å². The van der Waals surface area contributed by atoms with Crippen LogP contribution in [0, 0.1) is 0 Å². The number of carbonyl (C=O) groups is 2. The van der Waals surface area contributed by atoms with Crippen LogP contribution in [0.3, 0.4) is 0 Å². The molecular formula is C20H17N3O3. The molecule has 2 heterocycles. The fourth-order valence-corrected chi connectivity index (χ4v) is 2.96. The van der Waals surface area contributed by atoms with E-state index in [4.69, 9.17) is 4.74 Å². The van der Waals surface area contributed by atoms with Crippen LogP contribution in [0.5, 0.6) is 11.5 Å². The fraction of sp³-hybridized carbons (Fsp3) is 0.150. The molecule has 2 aromatic carbocycles. The van der Waals surface area contributed by atoms with E-state index >= 15 is 0 Å². The Morgan fingerprint density at radius 1 is 1.15 bits per heavy atom. The van der Waals surface area contributed by atoms with Crippen LogP contribution in [0.1, 0.15) is 12.8 Å². The molecule has 0 saturated carbocycles. The lowest BCUT2D eigenvalue weighted by Gasteiger charge is -2.13. The van der Waals surface area contributed by atoms with Crippen molar-refractivity contribution >= 4 is 28.4 Å². The number of nitrogens with one attached hydrogen (secondary N) is 2. The van der Waals surface area contributed by atoms with Gasteiger partial charge < -0.3 is 15.4 Å². The maximum atomic E-state index is 12.2. The predicted molar refractivity (Wildman–Crippen MR) is 98.1 cm³/mol. The molecule has 0 aliphatic carbocycles. The third-order valence-electron chi connectivity index (χ3n) is 4.25. The molecule has 0 bridgehead atoms. The van der Waals surface area contributed by atoms with Gasteiger partial charge in [0.15, 0.2) is 0 Å². The van der Waals surface area contributed by atoms with Crippen LogP contribution in [0.25, 0.3) is 10.9 Å². The minimum absolute atomic E-state index is 0.0909. The summed E-state index contributed by atoms with van der Waals surface area (Å²) in [7, 11) is 0. The molecule has 1 atom stereocenters. The summed E-state index contributed by atoms with van der Waals surface area (Å²) in [6.45, 7) is 0. The summed E-state index contributed by atoms with van der Waals surface area (Å²) < 4.78 is 6.00. The fourth-order valence-electron chi connectivity index (χ4n) is 2.96. The van der Waals surface area contributed by atoms with E-state index in [1.165, 1.54) is 0 Å².